The molecule has 0 amide bonds. The Morgan fingerprint density at radius 3 is 2.82 bits per heavy atom. The molecule has 0 unspecified atom stereocenters. The molecule has 0 bridgehead atoms. The van der Waals surface area contributed by atoms with Gasteiger partial charge in [0.15, 0.2) is 0 Å². The van der Waals surface area contributed by atoms with Gasteiger partial charge in [0, 0.05) is 17.1 Å². The molecule has 2 N–H and O–H groups in total. The smallest absolute Gasteiger partial charge is 0.126 e. The van der Waals surface area contributed by atoms with E-state index in [-0.39, 0.29) is 0 Å². The summed E-state index contributed by atoms with van der Waals surface area (Å²) in [6.45, 7) is 0. The first-order valence-corrected chi connectivity index (χ1v) is 6.02. The van der Waals surface area contributed by atoms with Gasteiger partial charge in [-0.3, -0.25) is 0 Å². The lowest BCUT2D eigenvalue weighted by Crippen LogP contribution is -1.99. The molecule has 0 spiro atoms. The molecule has 0 aliphatic rings. The number of pyridine rings is 1. The Balaban J connectivity index is 2.35. The molecule has 1 aromatic carbocycles. The summed E-state index contributed by atoms with van der Waals surface area (Å²) in [5.41, 5.74) is 7.92. The van der Waals surface area contributed by atoms with Crippen LogP contribution in [0.2, 0.25) is 0 Å². The topological polar surface area (TPSA) is 48.1 Å². The number of hydrogen-bond acceptors (Lipinski definition) is 3. The summed E-state index contributed by atoms with van der Waals surface area (Å²) in [4.78, 5) is 4.08. The molecule has 0 aliphatic heterocycles. The molecule has 88 valence electrons. The van der Waals surface area contributed by atoms with Crippen molar-refractivity contribution in [3.63, 3.8) is 0 Å². The largest absolute Gasteiger partial charge is 0.496 e. The van der Waals surface area contributed by atoms with Crippen LogP contribution in [-0.4, -0.2) is 12.1 Å². The Bertz CT molecular complexity index is 529. The van der Waals surface area contributed by atoms with Crippen LogP contribution < -0.4 is 10.5 Å². The van der Waals surface area contributed by atoms with Gasteiger partial charge in [-0.2, -0.15) is 0 Å². The lowest BCUT2D eigenvalue weighted by Gasteiger charge is -2.10. The lowest BCUT2D eigenvalue weighted by atomic mass is 10.0. The molecule has 17 heavy (non-hydrogen) atoms. The van der Waals surface area contributed by atoms with E-state index in [1.54, 1.807) is 13.3 Å². The number of nitrogen functional groups attached to an aromatic ring is 1. The van der Waals surface area contributed by atoms with E-state index < -0.39 is 0 Å². The van der Waals surface area contributed by atoms with Crippen molar-refractivity contribution in [1.29, 1.82) is 0 Å². The third-order valence-corrected chi connectivity index (χ3v) is 3.04. The predicted octanol–water partition coefficient (Wildman–Crippen LogP) is 3.03. The van der Waals surface area contributed by atoms with E-state index in [0.717, 1.165) is 21.3 Å². The Labute approximate surface area is 109 Å². The van der Waals surface area contributed by atoms with Crippen LogP contribution in [0.15, 0.2) is 41.0 Å². The molecule has 0 radical (unpaired) electrons. The van der Waals surface area contributed by atoms with Crippen molar-refractivity contribution in [3.8, 4) is 5.75 Å². The molecule has 1 heterocycles. The lowest BCUT2D eigenvalue weighted by molar-refractivity contribution is 0.410. The van der Waals surface area contributed by atoms with E-state index in [4.69, 9.17) is 10.5 Å². The number of aromatic nitrogens is 1. The summed E-state index contributed by atoms with van der Waals surface area (Å²) in [6, 6.07) is 9.78. The van der Waals surface area contributed by atoms with Gasteiger partial charge in [0.05, 0.1) is 7.11 Å². The zero-order valence-corrected chi connectivity index (χ0v) is 11.1. The van der Waals surface area contributed by atoms with Gasteiger partial charge in [0.1, 0.15) is 11.6 Å². The number of methoxy groups -OCH3 is 1. The highest BCUT2D eigenvalue weighted by molar-refractivity contribution is 9.10. The average molecular weight is 293 g/mol. The first kappa shape index (κ1) is 11.9. The summed E-state index contributed by atoms with van der Waals surface area (Å²) in [5.74, 6) is 1.42. The van der Waals surface area contributed by atoms with Crippen molar-refractivity contribution in [2.45, 2.75) is 6.42 Å². The maximum absolute atomic E-state index is 5.83. The Hall–Kier alpha value is -1.55. The fourth-order valence-corrected chi connectivity index (χ4v) is 2.10. The van der Waals surface area contributed by atoms with E-state index in [9.17, 15) is 0 Å². The van der Waals surface area contributed by atoms with E-state index in [0.29, 0.717) is 12.2 Å². The molecular weight excluding hydrogens is 280 g/mol. The van der Waals surface area contributed by atoms with Crippen LogP contribution in [0.1, 0.15) is 11.1 Å². The molecule has 2 aromatic rings. The minimum atomic E-state index is 0.564. The van der Waals surface area contributed by atoms with Gasteiger partial charge >= 0.3 is 0 Å². The minimum absolute atomic E-state index is 0.564. The van der Waals surface area contributed by atoms with E-state index >= 15 is 0 Å². The monoisotopic (exact) mass is 292 g/mol. The van der Waals surface area contributed by atoms with Gasteiger partial charge in [-0.1, -0.05) is 22.0 Å². The number of nitrogens with two attached hydrogens (primary N) is 1. The second kappa shape index (κ2) is 5.19. The number of benzene rings is 1. The Morgan fingerprint density at radius 2 is 2.12 bits per heavy atom. The molecule has 0 saturated carbocycles. The maximum Gasteiger partial charge on any atom is 0.126 e. The van der Waals surface area contributed by atoms with Crippen molar-refractivity contribution < 1.29 is 4.74 Å². The highest BCUT2D eigenvalue weighted by atomic mass is 79.9. The zero-order chi connectivity index (χ0) is 12.3. The standard InChI is InChI=1S/C13H13BrN2O/c1-17-12-5-4-11(14)8-10(12)7-9-3-2-6-16-13(9)15/h2-6,8H,7H2,1H3,(H2,15,16). The molecule has 0 atom stereocenters. The van der Waals surface area contributed by atoms with Crippen LogP contribution in [0, 0.1) is 0 Å². The molecular formula is C13H13BrN2O. The maximum atomic E-state index is 5.83. The number of hydrogen-bond donors (Lipinski definition) is 1. The van der Waals surface area contributed by atoms with Crippen LogP contribution >= 0.6 is 15.9 Å². The second-order valence-electron chi connectivity index (χ2n) is 3.68. The molecule has 3 nitrogen and oxygen atoms in total. The van der Waals surface area contributed by atoms with Crippen LogP contribution in [0.25, 0.3) is 0 Å². The normalized spacial score (nSPS) is 10.2. The predicted molar refractivity (Wildman–Crippen MR) is 72.1 cm³/mol. The van der Waals surface area contributed by atoms with E-state index in [1.807, 2.05) is 30.3 Å². The highest BCUT2D eigenvalue weighted by Gasteiger charge is 2.07. The Kier molecular flexibility index (Phi) is 3.64. The quantitative estimate of drug-likeness (QED) is 0.946. The van der Waals surface area contributed by atoms with Gasteiger partial charge < -0.3 is 10.5 Å². The summed E-state index contributed by atoms with van der Waals surface area (Å²) in [5, 5.41) is 0. The molecule has 0 aliphatic carbocycles. The van der Waals surface area contributed by atoms with Crippen LogP contribution in [0.3, 0.4) is 0 Å². The molecule has 0 saturated heterocycles. The fraction of sp³-hybridized carbons (Fsp3) is 0.154. The molecule has 2 rings (SSSR count). The number of rotatable bonds is 3. The molecule has 1 aromatic heterocycles. The number of halogens is 1. The summed E-state index contributed by atoms with van der Waals surface area (Å²) < 4.78 is 6.35. The number of nitrogens with zero attached hydrogens (tertiary/aromatic N) is 1. The fourth-order valence-electron chi connectivity index (χ4n) is 1.69. The van der Waals surface area contributed by atoms with Crippen LogP contribution in [-0.2, 0) is 6.42 Å². The van der Waals surface area contributed by atoms with Crippen LogP contribution in [0.5, 0.6) is 5.75 Å². The van der Waals surface area contributed by atoms with Gasteiger partial charge in [-0.05, 0) is 35.4 Å². The third kappa shape index (κ3) is 2.77. The average Bonchev–Trinajstić information content (AvgIpc) is 2.32. The first-order chi connectivity index (χ1) is 8.20. The van der Waals surface area contributed by atoms with Gasteiger partial charge in [-0.15, -0.1) is 0 Å². The van der Waals surface area contributed by atoms with Crippen molar-refractivity contribution >= 4 is 21.7 Å². The SMILES string of the molecule is COc1ccc(Br)cc1Cc1cccnc1N. The zero-order valence-electron chi connectivity index (χ0n) is 9.48. The van der Waals surface area contributed by atoms with Crippen LogP contribution in [0.4, 0.5) is 5.82 Å². The van der Waals surface area contributed by atoms with Gasteiger partial charge in [-0.25, -0.2) is 4.98 Å². The second-order valence-corrected chi connectivity index (χ2v) is 4.60. The molecule has 0 fully saturated rings. The highest BCUT2D eigenvalue weighted by Crippen LogP contribution is 2.26. The third-order valence-electron chi connectivity index (χ3n) is 2.55. The minimum Gasteiger partial charge on any atom is -0.496 e. The van der Waals surface area contributed by atoms with Gasteiger partial charge in [0.2, 0.25) is 0 Å². The van der Waals surface area contributed by atoms with Crippen molar-refractivity contribution in [3.05, 3.63) is 52.1 Å². The summed E-state index contributed by atoms with van der Waals surface area (Å²) >= 11 is 3.45. The van der Waals surface area contributed by atoms with Gasteiger partial charge in [0.25, 0.3) is 0 Å². The van der Waals surface area contributed by atoms with Crippen molar-refractivity contribution in [2.24, 2.45) is 0 Å². The number of ether oxygens (including phenoxy) is 1. The first-order valence-electron chi connectivity index (χ1n) is 5.22. The van der Waals surface area contributed by atoms with Crippen molar-refractivity contribution in [1.82, 2.24) is 4.98 Å². The van der Waals surface area contributed by atoms with Crippen molar-refractivity contribution in [2.75, 3.05) is 12.8 Å². The van der Waals surface area contributed by atoms with E-state index in [1.165, 1.54) is 0 Å². The summed E-state index contributed by atoms with van der Waals surface area (Å²) in [7, 11) is 1.67. The Morgan fingerprint density at radius 1 is 1.29 bits per heavy atom. The summed E-state index contributed by atoms with van der Waals surface area (Å²) in [6.07, 6.45) is 2.40. The molecule has 4 heteroatoms. The van der Waals surface area contributed by atoms with E-state index in [2.05, 4.69) is 20.9 Å². The number of anilines is 1.